The second kappa shape index (κ2) is 6.68. The van der Waals surface area contributed by atoms with E-state index in [1.54, 1.807) is 18.1 Å². The SMILES string of the molecule is C/C(=C1/S/C(=N/c2ccccn2)N(C)C1=O)c1ccc(Br)cc1. The summed E-state index contributed by atoms with van der Waals surface area (Å²) in [6, 6.07) is 13.4. The van der Waals surface area contributed by atoms with Gasteiger partial charge in [0.05, 0.1) is 4.91 Å². The van der Waals surface area contributed by atoms with Gasteiger partial charge in [0.25, 0.3) is 5.91 Å². The lowest BCUT2D eigenvalue weighted by Crippen LogP contribution is -2.23. The standard InChI is InChI=1S/C17H14BrN3OS/c1-11(12-6-8-13(18)9-7-12)15-16(22)21(2)17(23-15)20-14-5-3-4-10-19-14/h3-10H,1-2H3/b15-11-,20-17+. The van der Waals surface area contributed by atoms with Crippen LogP contribution in [-0.4, -0.2) is 28.0 Å². The Morgan fingerprint density at radius 3 is 2.61 bits per heavy atom. The van der Waals surface area contributed by atoms with Crippen molar-refractivity contribution in [1.82, 2.24) is 9.88 Å². The maximum Gasteiger partial charge on any atom is 0.266 e. The first-order chi connectivity index (χ1) is 11.1. The number of carbonyl (C=O) groups excluding carboxylic acids is 1. The zero-order chi connectivity index (χ0) is 16.4. The number of carbonyl (C=O) groups is 1. The molecule has 0 unspecified atom stereocenters. The highest BCUT2D eigenvalue weighted by molar-refractivity contribution is 9.10. The molecule has 0 radical (unpaired) electrons. The van der Waals surface area contributed by atoms with Gasteiger partial charge in [-0.05, 0) is 54.1 Å². The summed E-state index contributed by atoms with van der Waals surface area (Å²) in [6.45, 7) is 1.96. The summed E-state index contributed by atoms with van der Waals surface area (Å²) in [5, 5.41) is 0.639. The lowest BCUT2D eigenvalue weighted by molar-refractivity contribution is -0.121. The maximum absolute atomic E-state index is 12.5. The minimum absolute atomic E-state index is 0.0369. The number of hydrogen-bond donors (Lipinski definition) is 0. The van der Waals surface area contributed by atoms with E-state index in [0.29, 0.717) is 15.9 Å². The Hall–Kier alpha value is -1.92. The van der Waals surface area contributed by atoms with Gasteiger partial charge in [0.15, 0.2) is 11.0 Å². The van der Waals surface area contributed by atoms with Crippen LogP contribution in [0.3, 0.4) is 0 Å². The normalized spacial score (nSPS) is 18.7. The van der Waals surface area contributed by atoms with Crippen LogP contribution in [0.1, 0.15) is 12.5 Å². The van der Waals surface area contributed by atoms with Gasteiger partial charge < -0.3 is 0 Å². The summed E-state index contributed by atoms with van der Waals surface area (Å²) in [5.41, 5.74) is 1.97. The average molecular weight is 388 g/mol. The van der Waals surface area contributed by atoms with Gasteiger partial charge in [-0.25, -0.2) is 9.98 Å². The molecule has 23 heavy (non-hydrogen) atoms. The highest BCUT2D eigenvalue weighted by Gasteiger charge is 2.32. The fraction of sp³-hybridized carbons (Fsp3) is 0.118. The monoisotopic (exact) mass is 387 g/mol. The lowest BCUT2D eigenvalue weighted by atomic mass is 10.1. The Morgan fingerprint density at radius 2 is 1.96 bits per heavy atom. The first-order valence-corrected chi connectivity index (χ1v) is 8.59. The van der Waals surface area contributed by atoms with Crippen molar-refractivity contribution in [2.24, 2.45) is 4.99 Å². The number of rotatable bonds is 2. The molecule has 1 saturated heterocycles. The molecule has 6 heteroatoms. The molecule has 0 atom stereocenters. The molecule has 1 aliphatic rings. The van der Waals surface area contributed by atoms with E-state index in [1.807, 2.05) is 49.4 Å². The molecule has 1 fully saturated rings. The number of halogens is 1. The van der Waals surface area contributed by atoms with E-state index >= 15 is 0 Å². The summed E-state index contributed by atoms with van der Waals surface area (Å²) in [4.78, 5) is 23.4. The maximum atomic E-state index is 12.5. The van der Waals surface area contributed by atoms with Gasteiger partial charge in [-0.15, -0.1) is 0 Å². The first-order valence-electron chi connectivity index (χ1n) is 6.98. The zero-order valence-electron chi connectivity index (χ0n) is 12.7. The first kappa shape index (κ1) is 16.0. The van der Waals surface area contributed by atoms with Gasteiger partial charge in [0.1, 0.15) is 0 Å². The van der Waals surface area contributed by atoms with Crippen LogP contribution in [0, 0.1) is 0 Å². The number of hydrogen-bond acceptors (Lipinski definition) is 4. The predicted octanol–water partition coefficient (Wildman–Crippen LogP) is 4.47. The van der Waals surface area contributed by atoms with Crippen LogP contribution in [-0.2, 0) is 4.79 Å². The Morgan fingerprint density at radius 1 is 1.22 bits per heavy atom. The van der Waals surface area contributed by atoms with Gasteiger partial charge >= 0.3 is 0 Å². The molecule has 4 nitrogen and oxygen atoms in total. The predicted molar refractivity (Wildman–Crippen MR) is 98.4 cm³/mol. The van der Waals surface area contributed by atoms with Crippen LogP contribution in [0.25, 0.3) is 5.57 Å². The van der Waals surface area contributed by atoms with Gasteiger partial charge in [-0.2, -0.15) is 0 Å². The Bertz CT molecular complexity index is 800. The van der Waals surface area contributed by atoms with Crippen LogP contribution >= 0.6 is 27.7 Å². The molecular weight excluding hydrogens is 374 g/mol. The number of amidine groups is 1. The van der Waals surface area contributed by atoms with E-state index in [0.717, 1.165) is 15.6 Å². The van der Waals surface area contributed by atoms with Crippen molar-refractivity contribution in [3.63, 3.8) is 0 Å². The molecule has 0 saturated carbocycles. The number of benzene rings is 1. The molecule has 1 aliphatic heterocycles. The van der Waals surface area contributed by atoms with E-state index in [4.69, 9.17) is 0 Å². The molecule has 0 N–H and O–H groups in total. The van der Waals surface area contributed by atoms with E-state index in [-0.39, 0.29) is 5.91 Å². The van der Waals surface area contributed by atoms with Crippen molar-refractivity contribution in [1.29, 1.82) is 0 Å². The smallest absolute Gasteiger partial charge is 0.266 e. The van der Waals surface area contributed by atoms with Crippen molar-refractivity contribution in [3.8, 4) is 0 Å². The third-order valence-corrected chi connectivity index (χ3v) is 5.22. The van der Waals surface area contributed by atoms with Crippen LogP contribution < -0.4 is 0 Å². The number of amides is 1. The van der Waals surface area contributed by atoms with Crippen LogP contribution in [0.2, 0.25) is 0 Å². The van der Waals surface area contributed by atoms with Crippen molar-refractivity contribution in [3.05, 3.63) is 63.6 Å². The Kier molecular flexibility index (Phi) is 4.63. The largest absolute Gasteiger partial charge is 0.289 e. The molecule has 2 heterocycles. The second-order valence-corrected chi connectivity index (χ2v) is 6.90. The molecule has 2 aromatic rings. The fourth-order valence-corrected chi connectivity index (χ4v) is 3.43. The average Bonchev–Trinajstić information content (AvgIpc) is 2.84. The lowest BCUT2D eigenvalue weighted by Gasteiger charge is -2.07. The number of pyridine rings is 1. The number of likely N-dealkylation sites (N-methyl/N-ethyl adjacent to an activating group) is 1. The summed E-state index contributed by atoms with van der Waals surface area (Å²) < 4.78 is 1.01. The van der Waals surface area contributed by atoms with Gasteiger partial charge in [0.2, 0.25) is 0 Å². The summed E-state index contributed by atoms with van der Waals surface area (Å²) in [5.74, 6) is 0.558. The number of allylic oxidation sites excluding steroid dienone is 1. The van der Waals surface area contributed by atoms with Crippen molar-refractivity contribution in [2.75, 3.05) is 7.05 Å². The number of nitrogens with zero attached hydrogens (tertiary/aromatic N) is 3. The minimum Gasteiger partial charge on any atom is -0.289 e. The number of thioether (sulfide) groups is 1. The quantitative estimate of drug-likeness (QED) is 0.714. The molecule has 3 rings (SSSR count). The van der Waals surface area contributed by atoms with E-state index in [1.165, 1.54) is 11.8 Å². The second-order valence-electron chi connectivity index (χ2n) is 5.01. The Labute approximate surface area is 147 Å². The zero-order valence-corrected chi connectivity index (χ0v) is 15.1. The molecular formula is C17H14BrN3OS. The fourth-order valence-electron chi connectivity index (χ4n) is 2.13. The molecule has 1 amide bonds. The van der Waals surface area contributed by atoms with Crippen molar-refractivity contribution in [2.45, 2.75) is 6.92 Å². The highest BCUT2D eigenvalue weighted by Crippen LogP contribution is 2.36. The van der Waals surface area contributed by atoms with Gasteiger partial charge in [0, 0.05) is 17.7 Å². The molecule has 0 spiro atoms. The van der Waals surface area contributed by atoms with E-state index in [2.05, 4.69) is 25.9 Å². The highest BCUT2D eigenvalue weighted by atomic mass is 79.9. The molecule has 116 valence electrons. The molecule has 1 aromatic heterocycles. The van der Waals surface area contributed by atoms with Crippen LogP contribution in [0.4, 0.5) is 5.82 Å². The van der Waals surface area contributed by atoms with Gasteiger partial charge in [-0.3, -0.25) is 9.69 Å². The topological polar surface area (TPSA) is 45.6 Å². The summed E-state index contributed by atoms with van der Waals surface area (Å²) in [7, 11) is 1.74. The minimum atomic E-state index is -0.0369. The third-order valence-electron chi connectivity index (χ3n) is 3.46. The molecule has 0 aliphatic carbocycles. The third kappa shape index (κ3) is 3.38. The van der Waals surface area contributed by atoms with Crippen LogP contribution in [0.5, 0.6) is 0 Å². The van der Waals surface area contributed by atoms with Crippen molar-refractivity contribution >= 4 is 50.2 Å². The van der Waals surface area contributed by atoms with Crippen molar-refractivity contribution < 1.29 is 4.79 Å². The Balaban J connectivity index is 1.96. The van der Waals surface area contributed by atoms with E-state index in [9.17, 15) is 4.79 Å². The van der Waals surface area contributed by atoms with Gasteiger partial charge in [-0.1, -0.05) is 34.1 Å². The molecule has 0 bridgehead atoms. The number of aromatic nitrogens is 1. The number of aliphatic imine (C=N–C) groups is 1. The van der Waals surface area contributed by atoms with Crippen LogP contribution in [0.15, 0.2) is 63.0 Å². The van der Waals surface area contributed by atoms with E-state index < -0.39 is 0 Å². The molecule has 1 aromatic carbocycles. The summed E-state index contributed by atoms with van der Waals surface area (Å²) in [6.07, 6.45) is 1.69. The summed E-state index contributed by atoms with van der Waals surface area (Å²) >= 11 is 4.81.